The number of carbonyl (C=O) groups is 1. The minimum Gasteiger partial charge on any atom is -0.324 e. The summed E-state index contributed by atoms with van der Waals surface area (Å²) in [6.45, 7) is 3.19. The van der Waals surface area contributed by atoms with Gasteiger partial charge in [0.05, 0.1) is 15.9 Å². The van der Waals surface area contributed by atoms with E-state index >= 15 is 0 Å². The van der Waals surface area contributed by atoms with E-state index in [2.05, 4.69) is 10.0 Å². The summed E-state index contributed by atoms with van der Waals surface area (Å²) < 4.78 is 26.8. The van der Waals surface area contributed by atoms with Gasteiger partial charge in [0.2, 0.25) is 15.9 Å². The van der Waals surface area contributed by atoms with E-state index in [0.717, 1.165) is 0 Å². The maximum Gasteiger partial charge on any atom is 0.274 e. The third kappa shape index (κ3) is 4.64. The van der Waals surface area contributed by atoms with Crippen molar-refractivity contribution in [2.24, 2.45) is 0 Å². The molecular formula is C17H19N3O5S. The van der Waals surface area contributed by atoms with Gasteiger partial charge in [-0.15, -0.1) is 0 Å². The van der Waals surface area contributed by atoms with Gasteiger partial charge >= 0.3 is 0 Å². The molecule has 2 aromatic rings. The second-order valence-electron chi connectivity index (χ2n) is 5.60. The first-order chi connectivity index (χ1) is 12.2. The molecule has 2 rings (SSSR count). The fourth-order valence-corrected chi connectivity index (χ4v) is 3.54. The van der Waals surface area contributed by atoms with Crippen molar-refractivity contribution < 1.29 is 18.1 Å². The van der Waals surface area contributed by atoms with Crippen molar-refractivity contribution >= 4 is 27.3 Å². The SMILES string of the molecule is CCc1ccc(NC(=O)[C@H](C)NS(=O)(=O)c2ccccc2)cc1[N+](=O)[O-]. The zero-order valence-corrected chi connectivity index (χ0v) is 15.1. The summed E-state index contributed by atoms with van der Waals surface area (Å²) in [5, 5.41) is 13.6. The maximum absolute atomic E-state index is 12.2. The summed E-state index contributed by atoms with van der Waals surface area (Å²) in [4.78, 5) is 22.9. The fourth-order valence-electron chi connectivity index (χ4n) is 2.31. The van der Waals surface area contributed by atoms with Crippen molar-refractivity contribution in [3.8, 4) is 0 Å². The normalized spacial score (nSPS) is 12.4. The van der Waals surface area contributed by atoms with Crippen LogP contribution in [-0.2, 0) is 21.2 Å². The van der Waals surface area contributed by atoms with Crippen LogP contribution in [0.5, 0.6) is 0 Å². The highest BCUT2D eigenvalue weighted by Gasteiger charge is 2.22. The van der Waals surface area contributed by atoms with E-state index in [1.165, 1.54) is 25.1 Å². The molecule has 0 heterocycles. The fraction of sp³-hybridized carbons (Fsp3) is 0.235. The van der Waals surface area contributed by atoms with E-state index in [0.29, 0.717) is 12.0 Å². The molecule has 0 bridgehead atoms. The van der Waals surface area contributed by atoms with Gasteiger partial charge in [0.1, 0.15) is 0 Å². The summed E-state index contributed by atoms with van der Waals surface area (Å²) in [6, 6.07) is 11.0. The summed E-state index contributed by atoms with van der Waals surface area (Å²) in [7, 11) is -3.85. The molecule has 0 fully saturated rings. The second kappa shape index (κ2) is 8.07. The van der Waals surface area contributed by atoms with Gasteiger partial charge in [-0.1, -0.05) is 31.2 Å². The lowest BCUT2D eigenvalue weighted by Crippen LogP contribution is -2.41. The molecule has 8 nitrogen and oxygen atoms in total. The van der Waals surface area contributed by atoms with Crippen molar-refractivity contribution in [3.63, 3.8) is 0 Å². The second-order valence-corrected chi connectivity index (χ2v) is 7.31. The van der Waals surface area contributed by atoms with Crippen LogP contribution in [0, 0.1) is 10.1 Å². The lowest BCUT2D eigenvalue weighted by molar-refractivity contribution is -0.385. The van der Waals surface area contributed by atoms with Gasteiger partial charge in [0, 0.05) is 17.3 Å². The van der Waals surface area contributed by atoms with Gasteiger partial charge in [-0.05, 0) is 31.5 Å². The number of benzene rings is 2. The monoisotopic (exact) mass is 377 g/mol. The third-order valence-corrected chi connectivity index (χ3v) is 5.27. The van der Waals surface area contributed by atoms with Crippen molar-refractivity contribution in [2.75, 3.05) is 5.32 Å². The van der Waals surface area contributed by atoms with Crippen LogP contribution in [-0.4, -0.2) is 25.3 Å². The highest BCUT2D eigenvalue weighted by Crippen LogP contribution is 2.23. The van der Waals surface area contributed by atoms with E-state index < -0.39 is 26.9 Å². The lowest BCUT2D eigenvalue weighted by atomic mass is 10.1. The van der Waals surface area contributed by atoms with E-state index in [1.54, 1.807) is 37.3 Å². The van der Waals surface area contributed by atoms with E-state index in [-0.39, 0.29) is 16.3 Å². The number of hydrogen-bond acceptors (Lipinski definition) is 5. The number of sulfonamides is 1. The molecule has 0 unspecified atom stereocenters. The highest BCUT2D eigenvalue weighted by molar-refractivity contribution is 7.89. The Morgan fingerprint density at radius 1 is 1.19 bits per heavy atom. The molecule has 2 aromatic carbocycles. The van der Waals surface area contributed by atoms with Crippen LogP contribution in [0.15, 0.2) is 53.4 Å². The largest absolute Gasteiger partial charge is 0.324 e. The number of nitrogens with one attached hydrogen (secondary N) is 2. The first kappa shape index (κ1) is 19.5. The van der Waals surface area contributed by atoms with Gasteiger partial charge in [-0.25, -0.2) is 8.42 Å². The molecule has 1 atom stereocenters. The topological polar surface area (TPSA) is 118 Å². The van der Waals surface area contributed by atoms with Crippen LogP contribution < -0.4 is 10.0 Å². The Labute approximate surface area is 151 Å². The zero-order chi connectivity index (χ0) is 19.3. The molecular weight excluding hydrogens is 358 g/mol. The molecule has 0 aliphatic carbocycles. The van der Waals surface area contributed by atoms with Crippen LogP contribution >= 0.6 is 0 Å². The number of nitrogens with zero attached hydrogens (tertiary/aromatic N) is 1. The number of anilines is 1. The molecule has 1 amide bonds. The minimum absolute atomic E-state index is 0.0441. The van der Waals surface area contributed by atoms with Crippen LogP contribution in [0.4, 0.5) is 11.4 Å². The number of carbonyl (C=O) groups excluding carboxylic acids is 1. The minimum atomic E-state index is -3.85. The Morgan fingerprint density at radius 3 is 2.42 bits per heavy atom. The molecule has 0 aliphatic rings. The molecule has 9 heteroatoms. The number of rotatable bonds is 7. The van der Waals surface area contributed by atoms with E-state index in [9.17, 15) is 23.3 Å². The molecule has 0 aliphatic heterocycles. The summed E-state index contributed by atoms with van der Waals surface area (Å²) in [5.41, 5.74) is 0.679. The Kier molecular flexibility index (Phi) is 6.06. The molecule has 0 saturated carbocycles. The Bertz CT molecular complexity index is 913. The standard InChI is InChI=1S/C17H19N3O5S/c1-3-13-9-10-14(11-16(13)20(22)23)18-17(21)12(2)19-26(24,25)15-7-5-4-6-8-15/h4-12,19H,3H2,1-2H3,(H,18,21)/t12-/m0/s1. The van der Waals surface area contributed by atoms with Gasteiger partial charge in [-0.2, -0.15) is 4.72 Å². The van der Waals surface area contributed by atoms with E-state index in [4.69, 9.17) is 0 Å². The Morgan fingerprint density at radius 2 is 1.85 bits per heavy atom. The van der Waals surface area contributed by atoms with Gasteiger partial charge in [0.15, 0.2) is 0 Å². The van der Waals surface area contributed by atoms with Gasteiger partial charge in [-0.3, -0.25) is 14.9 Å². The summed E-state index contributed by atoms with van der Waals surface area (Å²) in [5.74, 6) is -0.622. The first-order valence-corrected chi connectivity index (χ1v) is 9.38. The molecule has 0 spiro atoms. The average molecular weight is 377 g/mol. The predicted octanol–water partition coefficient (Wildman–Crippen LogP) is 2.46. The number of amides is 1. The first-order valence-electron chi connectivity index (χ1n) is 7.90. The number of nitro benzene ring substituents is 1. The number of hydrogen-bond donors (Lipinski definition) is 2. The Hall–Kier alpha value is -2.78. The van der Waals surface area contributed by atoms with Crippen LogP contribution in [0.3, 0.4) is 0 Å². The number of nitro groups is 1. The predicted molar refractivity (Wildman–Crippen MR) is 97.3 cm³/mol. The highest BCUT2D eigenvalue weighted by atomic mass is 32.2. The Balaban J connectivity index is 2.12. The van der Waals surface area contributed by atoms with Crippen LogP contribution in [0.2, 0.25) is 0 Å². The van der Waals surface area contributed by atoms with Crippen molar-refractivity contribution in [2.45, 2.75) is 31.2 Å². The maximum atomic E-state index is 12.2. The molecule has 2 N–H and O–H groups in total. The summed E-state index contributed by atoms with van der Waals surface area (Å²) >= 11 is 0. The van der Waals surface area contributed by atoms with Crippen molar-refractivity contribution in [1.29, 1.82) is 0 Å². The molecule has 0 radical (unpaired) electrons. The molecule has 138 valence electrons. The van der Waals surface area contributed by atoms with Crippen LogP contribution in [0.25, 0.3) is 0 Å². The summed E-state index contributed by atoms with van der Waals surface area (Å²) in [6.07, 6.45) is 0.484. The smallest absolute Gasteiger partial charge is 0.274 e. The van der Waals surface area contributed by atoms with Crippen molar-refractivity contribution in [3.05, 3.63) is 64.2 Å². The van der Waals surface area contributed by atoms with Crippen LogP contribution in [0.1, 0.15) is 19.4 Å². The third-order valence-electron chi connectivity index (χ3n) is 3.71. The van der Waals surface area contributed by atoms with Gasteiger partial charge in [0.25, 0.3) is 5.69 Å². The van der Waals surface area contributed by atoms with Gasteiger partial charge < -0.3 is 5.32 Å². The van der Waals surface area contributed by atoms with E-state index in [1.807, 2.05) is 0 Å². The lowest BCUT2D eigenvalue weighted by Gasteiger charge is -2.14. The molecule has 0 aromatic heterocycles. The quantitative estimate of drug-likeness (QED) is 0.567. The molecule has 26 heavy (non-hydrogen) atoms. The number of aryl methyl sites for hydroxylation is 1. The zero-order valence-electron chi connectivity index (χ0n) is 14.3. The average Bonchev–Trinajstić information content (AvgIpc) is 2.62. The molecule has 0 saturated heterocycles. The van der Waals surface area contributed by atoms with Crippen molar-refractivity contribution in [1.82, 2.24) is 4.72 Å².